The third-order valence-electron chi connectivity index (χ3n) is 5.23. The van der Waals surface area contributed by atoms with E-state index < -0.39 is 0 Å². The van der Waals surface area contributed by atoms with Crippen molar-refractivity contribution >= 4 is 17.3 Å². The molecule has 0 saturated carbocycles. The number of anilines is 1. The van der Waals surface area contributed by atoms with Crippen molar-refractivity contribution < 1.29 is 4.74 Å². The highest BCUT2D eigenvalue weighted by Crippen LogP contribution is 2.21. The minimum absolute atomic E-state index is 0.723. The first kappa shape index (κ1) is 16.9. The van der Waals surface area contributed by atoms with Gasteiger partial charge >= 0.3 is 0 Å². The molecule has 1 aromatic carbocycles. The lowest BCUT2D eigenvalue weighted by molar-refractivity contribution is 0.109. The second-order valence-electron chi connectivity index (χ2n) is 6.84. The Morgan fingerprint density at radius 2 is 1.92 bits per heavy atom. The standard InChI is InChI=1S/C19H25ClN4O/c20-15-3-5-16(6-4-15)24-11-9-23(10-12-24)8-1-2-18-17-14-25-13-7-19(17)22-21-18/h3-6H,1-2,7-14H2,(H,21,22). The van der Waals surface area contributed by atoms with Crippen LogP contribution in [0.25, 0.3) is 0 Å². The highest BCUT2D eigenvalue weighted by Gasteiger charge is 2.19. The second-order valence-corrected chi connectivity index (χ2v) is 7.28. The van der Waals surface area contributed by atoms with E-state index in [2.05, 4.69) is 32.1 Å². The average molecular weight is 361 g/mol. The third kappa shape index (κ3) is 4.00. The predicted molar refractivity (Wildman–Crippen MR) is 100 cm³/mol. The Bertz CT molecular complexity index is 692. The van der Waals surface area contributed by atoms with Gasteiger partial charge in [0.1, 0.15) is 0 Å². The van der Waals surface area contributed by atoms with Gasteiger partial charge in [0.15, 0.2) is 0 Å². The summed E-state index contributed by atoms with van der Waals surface area (Å²) in [4.78, 5) is 5.00. The number of nitrogens with one attached hydrogen (secondary N) is 1. The Hall–Kier alpha value is -1.56. The van der Waals surface area contributed by atoms with Crippen LogP contribution in [0.5, 0.6) is 0 Å². The number of aryl methyl sites for hydroxylation is 1. The number of halogens is 1. The largest absolute Gasteiger partial charge is 0.376 e. The van der Waals surface area contributed by atoms with Crippen LogP contribution in [0.2, 0.25) is 5.02 Å². The van der Waals surface area contributed by atoms with E-state index in [0.29, 0.717) is 0 Å². The molecule has 2 aromatic rings. The third-order valence-corrected chi connectivity index (χ3v) is 5.49. The maximum absolute atomic E-state index is 5.98. The SMILES string of the molecule is Clc1ccc(N2CCN(CCCc3[nH]nc4c3COCC4)CC2)cc1. The Morgan fingerprint density at radius 1 is 1.12 bits per heavy atom. The summed E-state index contributed by atoms with van der Waals surface area (Å²) in [5, 5.41) is 8.46. The number of benzene rings is 1. The molecule has 134 valence electrons. The van der Waals surface area contributed by atoms with Crippen molar-refractivity contribution in [3.8, 4) is 0 Å². The Balaban J connectivity index is 1.23. The van der Waals surface area contributed by atoms with Crippen molar-refractivity contribution in [1.82, 2.24) is 15.1 Å². The van der Waals surface area contributed by atoms with E-state index in [4.69, 9.17) is 16.3 Å². The van der Waals surface area contributed by atoms with E-state index >= 15 is 0 Å². The van der Waals surface area contributed by atoms with Crippen LogP contribution in [0, 0.1) is 0 Å². The number of piperazine rings is 1. The summed E-state index contributed by atoms with van der Waals surface area (Å²) in [7, 11) is 0. The lowest BCUT2D eigenvalue weighted by Gasteiger charge is -2.36. The first-order valence-corrected chi connectivity index (χ1v) is 9.53. The first-order chi connectivity index (χ1) is 12.3. The van der Waals surface area contributed by atoms with Gasteiger partial charge in [0, 0.05) is 54.6 Å². The highest BCUT2D eigenvalue weighted by molar-refractivity contribution is 6.30. The molecule has 1 N–H and O–H groups in total. The van der Waals surface area contributed by atoms with Crippen molar-refractivity contribution in [3.05, 3.63) is 46.2 Å². The van der Waals surface area contributed by atoms with Gasteiger partial charge in [0.25, 0.3) is 0 Å². The van der Waals surface area contributed by atoms with Gasteiger partial charge in [-0.1, -0.05) is 11.6 Å². The molecular formula is C19H25ClN4O. The molecule has 0 aliphatic carbocycles. The molecule has 0 radical (unpaired) electrons. The zero-order valence-corrected chi connectivity index (χ0v) is 15.3. The minimum atomic E-state index is 0.723. The van der Waals surface area contributed by atoms with Crippen LogP contribution in [-0.4, -0.2) is 54.4 Å². The maximum atomic E-state index is 5.98. The van der Waals surface area contributed by atoms with Crippen molar-refractivity contribution in [1.29, 1.82) is 0 Å². The first-order valence-electron chi connectivity index (χ1n) is 9.15. The molecule has 1 aromatic heterocycles. The quantitative estimate of drug-likeness (QED) is 0.890. The Kier molecular flexibility index (Phi) is 5.25. The van der Waals surface area contributed by atoms with Crippen LogP contribution in [-0.2, 0) is 24.2 Å². The van der Waals surface area contributed by atoms with Gasteiger partial charge in [0.05, 0.1) is 18.9 Å². The molecule has 0 atom stereocenters. The lowest BCUT2D eigenvalue weighted by atomic mass is 10.1. The smallest absolute Gasteiger partial charge is 0.0753 e. The van der Waals surface area contributed by atoms with Crippen LogP contribution in [0.15, 0.2) is 24.3 Å². The fourth-order valence-electron chi connectivity index (χ4n) is 3.73. The zero-order chi connectivity index (χ0) is 17.1. The molecule has 6 heteroatoms. The van der Waals surface area contributed by atoms with Crippen molar-refractivity contribution in [2.75, 3.05) is 44.2 Å². The molecule has 25 heavy (non-hydrogen) atoms. The van der Waals surface area contributed by atoms with Gasteiger partial charge in [-0.15, -0.1) is 0 Å². The molecule has 0 spiro atoms. The van der Waals surface area contributed by atoms with Crippen LogP contribution >= 0.6 is 11.6 Å². The number of aromatic amines is 1. The molecule has 3 heterocycles. The van der Waals surface area contributed by atoms with Crippen LogP contribution in [0.1, 0.15) is 23.4 Å². The number of hydrogen-bond donors (Lipinski definition) is 1. The number of hydrogen-bond acceptors (Lipinski definition) is 4. The Labute approximate surface area is 153 Å². The fraction of sp³-hybridized carbons (Fsp3) is 0.526. The number of aromatic nitrogens is 2. The van der Waals surface area contributed by atoms with Crippen LogP contribution in [0.4, 0.5) is 5.69 Å². The summed E-state index contributed by atoms with van der Waals surface area (Å²) in [6, 6.07) is 8.17. The molecule has 2 aliphatic heterocycles. The van der Waals surface area contributed by atoms with Crippen molar-refractivity contribution in [3.63, 3.8) is 0 Å². The number of ether oxygens (including phenoxy) is 1. The molecule has 0 amide bonds. The molecule has 4 rings (SSSR count). The highest BCUT2D eigenvalue weighted by atomic mass is 35.5. The maximum Gasteiger partial charge on any atom is 0.0753 e. The van der Waals surface area contributed by atoms with E-state index in [1.54, 1.807) is 0 Å². The van der Waals surface area contributed by atoms with Crippen molar-refractivity contribution in [2.45, 2.75) is 25.9 Å². The van der Waals surface area contributed by atoms with E-state index in [-0.39, 0.29) is 0 Å². The normalized spacial score (nSPS) is 18.4. The van der Waals surface area contributed by atoms with E-state index in [1.165, 1.54) is 22.6 Å². The van der Waals surface area contributed by atoms with Crippen LogP contribution < -0.4 is 4.90 Å². The number of nitrogens with zero attached hydrogens (tertiary/aromatic N) is 3. The molecule has 1 saturated heterocycles. The molecular weight excluding hydrogens is 336 g/mol. The molecule has 0 bridgehead atoms. The van der Waals surface area contributed by atoms with E-state index in [1.807, 2.05) is 12.1 Å². The summed E-state index contributed by atoms with van der Waals surface area (Å²) >= 11 is 5.98. The van der Waals surface area contributed by atoms with Gasteiger partial charge in [-0.05, 0) is 43.7 Å². The predicted octanol–water partition coefficient (Wildman–Crippen LogP) is 2.89. The van der Waals surface area contributed by atoms with E-state index in [9.17, 15) is 0 Å². The fourth-order valence-corrected chi connectivity index (χ4v) is 3.86. The zero-order valence-electron chi connectivity index (χ0n) is 14.5. The van der Waals surface area contributed by atoms with Gasteiger partial charge in [-0.25, -0.2) is 0 Å². The number of rotatable bonds is 5. The summed E-state index contributed by atoms with van der Waals surface area (Å²) in [5.74, 6) is 0. The van der Waals surface area contributed by atoms with Gasteiger partial charge in [-0.3, -0.25) is 10.00 Å². The summed E-state index contributed by atoms with van der Waals surface area (Å²) in [6.07, 6.45) is 3.16. The Morgan fingerprint density at radius 3 is 2.72 bits per heavy atom. The molecule has 2 aliphatic rings. The number of H-pyrrole nitrogens is 1. The molecule has 1 fully saturated rings. The second kappa shape index (κ2) is 7.77. The molecule has 0 unspecified atom stereocenters. The van der Waals surface area contributed by atoms with Gasteiger partial charge < -0.3 is 9.64 Å². The summed E-state index contributed by atoms with van der Waals surface area (Å²) in [5.41, 5.74) is 5.05. The molecule has 5 nitrogen and oxygen atoms in total. The number of fused-ring (bicyclic) bond motifs is 1. The van der Waals surface area contributed by atoms with Gasteiger partial charge in [-0.2, -0.15) is 5.10 Å². The van der Waals surface area contributed by atoms with Crippen LogP contribution in [0.3, 0.4) is 0 Å². The summed E-state index contributed by atoms with van der Waals surface area (Å²) in [6.45, 7) is 7.06. The lowest BCUT2D eigenvalue weighted by Crippen LogP contribution is -2.46. The summed E-state index contributed by atoms with van der Waals surface area (Å²) < 4.78 is 5.57. The van der Waals surface area contributed by atoms with Gasteiger partial charge in [0.2, 0.25) is 0 Å². The average Bonchev–Trinajstić information content (AvgIpc) is 3.06. The van der Waals surface area contributed by atoms with Crippen molar-refractivity contribution in [2.24, 2.45) is 0 Å². The monoisotopic (exact) mass is 360 g/mol. The topological polar surface area (TPSA) is 44.4 Å². The minimum Gasteiger partial charge on any atom is -0.376 e. The van der Waals surface area contributed by atoms with E-state index in [0.717, 1.165) is 70.2 Å².